The van der Waals surface area contributed by atoms with Crippen LogP contribution in [-0.4, -0.2) is 75.3 Å². The van der Waals surface area contributed by atoms with Crippen LogP contribution in [0.5, 0.6) is 0 Å². The fraction of sp³-hybridized carbons (Fsp3) is 0.773. The number of hydrogen-bond acceptors (Lipinski definition) is 4. The van der Waals surface area contributed by atoms with E-state index in [2.05, 4.69) is 26.3 Å². The van der Waals surface area contributed by atoms with Crippen molar-refractivity contribution in [2.45, 2.75) is 64.6 Å². The summed E-state index contributed by atoms with van der Waals surface area (Å²) in [5.41, 5.74) is 0. The Bertz CT molecular complexity index is 721. The summed E-state index contributed by atoms with van der Waals surface area (Å²) in [6.07, 6.45) is 10.1. The first-order valence-electron chi connectivity index (χ1n) is 11.3. The van der Waals surface area contributed by atoms with Crippen molar-refractivity contribution < 1.29 is 9.59 Å². The molecule has 160 valence electrons. The van der Waals surface area contributed by atoms with Crippen LogP contribution in [0, 0.1) is 11.8 Å². The fourth-order valence-corrected chi connectivity index (χ4v) is 4.96. The number of aryl methyl sites for hydroxylation is 1. The van der Waals surface area contributed by atoms with Gasteiger partial charge in [-0.3, -0.25) is 14.5 Å². The topological polar surface area (TPSA) is 61.7 Å². The Labute approximate surface area is 174 Å². The van der Waals surface area contributed by atoms with Crippen LogP contribution >= 0.6 is 0 Å². The second kappa shape index (κ2) is 8.86. The molecular weight excluding hydrogens is 366 g/mol. The zero-order valence-electron chi connectivity index (χ0n) is 17.9. The number of amides is 2. The van der Waals surface area contributed by atoms with E-state index in [4.69, 9.17) is 0 Å². The minimum Gasteiger partial charge on any atom is -0.342 e. The van der Waals surface area contributed by atoms with Crippen LogP contribution in [0.25, 0.3) is 0 Å². The Balaban J connectivity index is 1.28. The quantitative estimate of drug-likeness (QED) is 0.731. The van der Waals surface area contributed by atoms with Crippen LogP contribution in [-0.2, 0) is 22.7 Å². The molecule has 0 spiro atoms. The summed E-state index contributed by atoms with van der Waals surface area (Å²) in [6.45, 7) is 7.23. The minimum absolute atomic E-state index is 0.0740. The van der Waals surface area contributed by atoms with Gasteiger partial charge in [-0.25, -0.2) is 4.98 Å². The fourth-order valence-electron chi connectivity index (χ4n) is 4.96. The van der Waals surface area contributed by atoms with Crippen LogP contribution in [0.2, 0.25) is 0 Å². The lowest BCUT2D eigenvalue weighted by Gasteiger charge is -2.42. The minimum atomic E-state index is 0.0740. The maximum absolute atomic E-state index is 13.1. The number of piperidine rings is 2. The molecule has 0 radical (unpaired) electrons. The van der Waals surface area contributed by atoms with E-state index in [0.717, 1.165) is 77.1 Å². The van der Waals surface area contributed by atoms with Crippen molar-refractivity contribution in [3.8, 4) is 0 Å². The van der Waals surface area contributed by atoms with E-state index in [0.29, 0.717) is 24.4 Å². The summed E-state index contributed by atoms with van der Waals surface area (Å²) >= 11 is 0. The van der Waals surface area contributed by atoms with E-state index in [1.54, 1.807) is 6.20 Å². The average Bonchev–Trinajstić information content (AvgIpc) is 3.52. The van der Waals surface area contributed by atoms with Gasteiger partial charge in [-0.2, -0.15) is 0 Å². The van der Waals surface area contributed by atoms with Crippen molar-refractivity contribution in [3.05, 3.63) is 18.2 Å². The molecule has 1 aromatic heterocycles. The Morgan fingerprint density at radius 2 is 1.86 bits per heavy atom. The molecule has 1 aromatic rings. The molecule has 7 heteroatoms. The van der Waals surface area contributed by atoms with Crippen molar-refractivity contribution >= 4 is 11.8 Å². The molecule has 1 aliphatic carbocycles. The van der Waals surface area contributed by atoms with E-state index < -0.39 is 0 Å². The van der Waals surface area contributed by atoms with E-state index in [9.17, 15) is 9.59 Å². The molecular formula is C22H35N5O2. The molecule has 0 N–H and O–H groups in total. The summed E-state index contributed by atoms with van der Waals surface area (Å²) in [7, 11) is 1.90. The molecule has 3 aliphatic rings. The van der Waals surface area contributed by atoms with Gasteiger partial charge >= 0.3 is 0 Å². The van der Waals surface area contributed by atoms with Gasteiger partial charge in [0.05, 0.1) is 12.5 Å². The van der Waals surface area contributed by atoms with E-state index in [1.807, 2.05) is 18.1 Å². The van der Waals surface area contributed by atoms with Gasteiger partial charge in [0.25, 0.3) is 0 Å². The maximum atomic E-state index is 13.1. The van der Waals surface area contributed by atoms with Crippen LogP contribution in [0.15, 0.2) is 12.4 Å². The lowest BCUT2D eigenvalue weighted by Crippen LogP contribution is -2.51. The van der Waals surface area contributed by atoms with E-state index in [-0.39, 0.29) is 11.8 Å². The van der Waals surface area contributed by atoms with Crippen LogP contribution in [0.3, 0.4) is 0 Å². The number of carbonyl (C=O) groups excluding carboxylic acids is 2. The molecule has 7 nitrogen and oxygen atoms in total. The molecule has 1 saturated carbocycles. The van der Waals surface area contributed by atoms with Crippen molar-refractivity contribution in [3.63, 3.8) is 0 Å². The zero-order chi connectivity index (χ0) is 20.4. The van der Waals surface area contributed by atoms with Gasteiger partial charge in [0.2, 0.25) is 11.8 Å². The molecule has 4 rings (SSSR count). The molecule has 2 aliphatic heterocycles. The molecule has 3 fully saturated rings. The van der Waals surface area contributed by atoms with Gasteiger partial charge in [-0.1, -0.05) is 0 Å². The normalized spacial score (nSPS) is 23.9. The van der Waals surface area contributed by atoms with Crippen molar-refractivity contribution in [2.75, 3.05) is 33.2 Å². The summed E-state index contributed by atoms with van der Waals surface area (Å²) in [4.78, 5) is 36.2. The zero-order valence-corrected chi connectivity index (χ0v) is 17.9. The van der Waals surface area contributed by atoms with E-state index in [1.165, 1.54) is 0 Å². The first-order chi connectivity index (χ1) is 14.1. The average molecular weight is 402 g/mol. The molecule has 3 heterocycles. The number of hydrogen-bond donors (Lipinski definition) is 0. The van der Waals surface area contributed by atoms with Crippen LogP contribution in [0.1, 0.15) is 51.3 Å². The van der Waals surface area contributed by atoms with Gasteiger partial charge in [0, 0.05) is 57.6 Å². The number of nitrogens with zero attached hydrogens (tertiary/aromatic N) is 5. The third kappa shape index (κ3) is 4.65. The van der Waals surface area contributed by atoms with Gasteiger partial charge in [0.1, 0.15) is 5.82 Å². The highest BCUT2D eigenvalue weighted by Gasteiger charge is 2.37. The third-order valence-corrected chi connectivity index (χ3v) is 6.92. The smallest absolute Gasteiger partial charge is 0.227 e. The summed E-state index contributed by atoms with van der Waals surface area (Å²) < 4.78 is 2.09. The van der Waals surface area contributed by atoms with E-state index >= 15 is 0 Å². The highest BCUT2D eigenvalue weighted by atomic mass is 16.2. The highest BCUT2D eigenvalue weighted by molar-refractivity contribution is 5.81. The molecule has 0 bridgehead atoms. The van der Waals surface area contributed by atoms with Crippen LogP contribution < -0.4 is 0 Å². The Kier molecular flexibility index (Phi) is 6.23. The number of imidazole rings is 1. The van der Waals surface area contributed by atoms with Crippen molar-refractivity contribution in [2.24, 2.45) is 11.8 Å². The van der Waals surface area contributed by atoms with Gasteiger partial charge in [-0.15, -0.1) is 0 Å². The molecule has 1 atom stereocenters. The molecule has 2 saturated heterocycles. The Morgan fingerprint density at radius 1 is 1.10 bits per heavy atom. The second-order valence-electron chi connectivity index (χ2n) is 8.99. The number of carbonyl (C=O) groups is 2. The monoisotopic (exact) mass is 401 g/mol. The molecule has 29 heavy (non-hydrogen) atoms. The highest BCUT2D eigenvalue weighted by Crippen LogP contribution is 2.32. The van der Waals surface area contributed by atoms with Crippen LogP contribution in [0.4, 0.5) is 0 Å². The number of aromatic nitrogens is 2. The van der Waals surface area contributed by atoms with Gasteiger partial charge < -0.3 is 14.4 Å². The van der Waals surface area contributed by atoms with Crippen molar-refractivity contribution in [1.29, 1.82) is 0 Å². The number of likely N-dealkylation sites (tertiary alicyclic amines) is 2. The predicted octanol–water partition coefficient (Wildman–Crippen LogP) is 1.97. The molecule has 0 unspecified atom stereocenters. The summed E-state index contributed by atoms with van der Waals surface area (Å²) in [6, 6.07) is 0.512. The first-order valence-corrected chi connectivity index (χ1v) is 11.3. The largest absolute Gasteiger partial charge is 0.342 e. The lowest BCUT2D eigenvalue weighted by molar-refractivity contribution is -0.137. The SMILES string of the molecule is CCn1ccnc1CN(C)C(=O)[C@H]1CCCN(C2CCN(C(=O)C3CC3)CC2)C1. The van der Waals surface area contributed by atoms with Gasteiger partial charge in [-0.05, 0) is 52.0 Å². The standard InChI is InChI=1S/C22H35N5O2/c1-3-25-14-10-23-20(25)16-24(2)21(28)18-5-4-11-27(15-18)19-8-12-26(13-9-19)22(29)17-6-7-17/h10,14,17-19H,3-9,11-13,15-16H2,1-2H3/t18-/m0/s1. The molecule has 2 amide bonds. The second-order valence-corrected chi connectivity index (χ2v) is 8.99. The van der Waals surface area contributed by atoms with Gasteiger partial charge in [0.15, 0.2) is 0 Å². The first kappa shape index (κ1) is 20.4. The third-order valence-electron chi connectivity index (χ3n) is 6.92. The maximum Gasteiger partial charge on any atom is 0.227 e. The predicted molar refractivity (Wildman–Crippen MR) is 111 cm³/mol. The summed E-state index contributed by atoms with van der Waals surface area (Å²) in [5, 5.41) is 0. The number of rotatable bonds is 6. The molecule has 0 aromatic carbocycles. The lowest BCUT2D eigenvalue weighted by atomic mass is 9.93. The Hall–Kier alpha value is -1.89. The Morgan fingerprint density at radius 3 is 2.55 bits per heavy atom. The van der Waals surface area contributed by atoms with Crippen molar-refractivity contribution in [1.82, 2.24) is 24.3 Å². The summed E-state index contributed by atoms with van der Waals surface area (Å²) in [5.74, 6) is 1.96.